The molecule has 0 unspecified atom stereocenters. The largest absolute Gasteiger partial charge is 0.490 e. The zero-order chi connectivity index (χ0) is 29.0. The number of nitrogens with one attached hydrogen (secondary N) is 1. The maximum absolute atomic E-state index is 12.5. The first-order valence-corrected chi connectivity index (χ1v) is 11.9. The number of rotatable bonds is 9. The average molecular weight is 542 g/mol. The number of hydrogen-bond acceptors (Lipinski definition) is 6. The van der Waals surface area contributed by atoms with E-state index in [-0.39, 0.29) is 5.91 Å². The van der Waals surface area contributed by atoms with Gasteiger partial charge in [0.15, 0.2) is 0 Å². The molecule has 0 aliphatic rings. The Morgan fingerprint density at radius 2 is 1.74 bits per heavy atom. The van der Waals surface area contributed by atoms with Gasteiger partial charge in [-0.3, -0.25) is 4.79 Å². The van der Waals surface area contributed by atoms with E-state index >= 15 is 0 Å². The van der Waals surface area contributed by atoms with Crippen LogP contribution in [0.15, 0.2) is 66.9 Å². The molecule has 11 heteroatoms. The molecule has 1 aromatic heterocycles. The number of carboxylic acid groups (broad SMARTS) is 1. The Balaban J connectivity index is 0.000000673. The summed E-state index contributed by atoms with van der Waals surface area (Å²) in [4.78, 5) is 30.2. The van der Waals surface area contributed by atoms with Crippen molar-refractivity contribution in [3.63, 3.8) is 0 Å². The number of nitrogens with zero attached hydrogens (tertiary/aromatic N) is 4. The Morgan fingerprint density at radius 3 is 2.38 bits per heavy atom. The second-order valence-corrected chi connectivity index (χ2v) is 8.85. The highest BCUT2D eigenvalue weighted by Gasteiger charge is 2.38. The zero-order valence-corrected chi connectivity index (χ0v) is 21.9. The number of aliphatic carboxylic acids is 1. The minimum Gasteiger partial charge on any atom is -0.475 e. The number of hydrogen-bond donors (Lipinski definition) is 2. The molecule has 0 aliphatic carbocycles. The molecule has 0 saturated heterocycles. The monoisotopic (exact) mass is 541 g/mol. The van der Waals surface area contributed by atoms with E-state index in [1.807, 2.05) is 68.6 Å². The van der Waals surface area contributed by atoms with Gasteiger partial charge >= 0.3 is 12.1 Å². The summed E-state index contributed by atoms with van der Waals surface area (Å²) in [6, 6.07) is 21.1. The summed E-state index contributed by atoms with van der Waals surface area (Å²) in [5.74, 6) is -2.07. The lowest BCUT2D eigenvalue weighted by Gasteiger charge is -2.22. The molecular weight excluding hydrogens is 511 g/mol. The predicted molar refractivity (Wildman–Crippen MR) is 142 cm³/mol. The van der Waals surface area contributed by atoms with Gasteiger partial charge < -0.3 is 20.2 Å². The second kappa shape index (κ2) is 14.5. The fourth-order valence-corrected chi connectivity index (χ4v) is 3.52. The number of anilines is 2. The zero-order valence-electron chi connectivity index (χ0n) is 21.9. The summed E-state index contributed by atoms with van der Waals surface area (Å²) >= 11 is 0. The van der Waals surface area contributed by atoms with E-state index in [0.717, 1.165) is 48.7 Å². The molecular formula is C28H30F3N5O3. The number of amides is 1. The molecule has 0 radical (unpaired) electrons. The van der Waals surface area contributed by atoms with Crippen molar-refractivity contribution in [3.05, 3.63) is 89.1 Å². The van der Waals surface area contributed by atoms with E-state index in [9.17, 15) is 18.0 Å². The number of halogens is 3. The van der Waals surface area contributed by atoms with E-state index in [0.29, 0.717) is 11.1 Å². The number of aryl methyl sites for hydroxylation is 1. The third kappa shape index (κ3) is 10.8. The van der Waals surface area contributed by atoms with Crippen molar-refractivity contribution >= 4 is 23.4 Å². The Labute approximate surface area is 225 Å². The minimum atomic E-state index is -5.08. The van der Waals surface area contributed by atoms with Gasteiger partial charge in [-0.1, -0.05) is 29.8 Å². The van der Waals surface area contributed by atoms with Gasteiger partial charge in [-0.05, 0) is 62.8 Å². The van der Waals surface area contributed by atoms with Crippen LogP contribution in [0.5, 0.6) is 0 Å². The van der Waals surface area contributed by atoms with E-state index < -0.39 is 12.1 Å². The van der Waals surface area contributed by atoms with Crippen molar-refractivity contribution in [3.8, 4) is 6.07 Å². The van der Waals surface area contributed by atoms with Crippen LogP contribution in [0.3, 0.4) is 0 Å². The van der Waals surface area contributed by atoms with Gasteiger partial charge in [0.25, 0.3) is 5.91 Å². The molecule has 0 spiro atoms. The van der Waals surface area contributed by atoms with Crippen molar-refractivity contribution in [2.45, 2.75) is 26.1 Å². The standard InChI is InChI=1S/C26H29N5O.C2HF3O2/c1-20-7-4-10-23(15-20)26(32)29-24-11-12-28-25(17-24)31(3)14-6-13-30(2)19-22-9-5-8-21(16-22)18-27;3-2(4,5)1(6)7/h4-5,7-12,15-17H,6,13-14,19H2,1-3H3,(H,28,29,32);(H,6,7). The van der Waals surface area contributed by atoms with E-state index in [1.165, 1.54) is 0 Å². The SMILES string of the molecule is Cc1cccc(C(=O)Nc2ccnc(N(C)CCCN(C)Cc3cccc(C#N)c3)c2)c1.O=C(O)C(F)(F)F. The first-order chi connectivity index (χ1) is 18.4. The highest BCUT2D eigenvalue weighted by atomic mass is 19.4. The summed E-state index contributed by atoms with van der Waals surface area (Å²) in [5.41, 5.74) is 4.24. The summed E-state index contributed by atoms with van der Waals surface area (Å²) in [6.07, 6.45) is -2.40. The lowest BCUT2D eigenvalue weighted by atomic mass is 10.1. The number of nitriles is 1. The summed E-state index contributed by atoms with van der Waals surface area (Å²) in [6.45, 7) is 4.53. The number of carbonyl (C=O) groups is 2. The van der Waals surface area contributed by atoms with Crippen LogP contribution >= 0.6 is 0 Å². The van der Waals surface area contributed by atoms with Gasteiger partial charge in [0.2, 0.25) is 0 Å². The Bertz CT molecular complexity index is 1310. The van der Waals surface area contributed by atoms with E-state index in [2.05, 4.69) is 33.2 Å². The van der Waals surface area contributed by atoms with Gasteiger partial charge in [0.1, 0.15) is 5.82 Å². The lowest BCUT2D eigenvalue weighted by molar-refractivity contribution is -0.192. The first kappa shape index (κ1) is 30.8. The number of aromatic nitrogens is 1. The number of alkyl halides is 3. The third-order valence-electron chi connectivity index (χ3n) is 5.46. The average Bonchev–Trinajstić information content (AvgIpc) is 2.88. The molecule has 3 aromatic rings. The molecule has 206 valence electrons. The molecule has 0 aliphatic heterocycles. The van der Waals surface area contributed by atoms with E-state index in [4.69, 9.17) is 15.2 Å². The number of carboxylic acids is 1. The van der Waals surface area contributed by atoms with Crippen LogP contribution in [0.25, 0.3) is 0 Å². The fraction of sp³-hybridized carbons (Fsp3) is 0.286. The van der Waals surface area contributed by atoms with Crippen LogP contribution in [0.2, 0.25) is 0 Å². The minimum absolute atomic E-state index is 0.129. The number of benzene rings is 2. The fourth-order valence-electron chi connectivity index (χ4n) is 3.52. The molecule has 0 bridgehead atoms. The number of carbonyl (C=O) groups excluding carboxylic acids is 1. The number of pyridine rings is 1. The van der Waals surface area contributed by atoms with Crippen LogP contribution in [-0.4, -0.2) is 60.2 Å². The highest BCUT2D eigenvalue weighted by molar-refractivity contribution is 6.04. The van der Waals surface area contributed by atoms with Gasteiger partial charge in [-0.2, -0.15) is 18.4 Å². The van der Waals surface area contributed by atoms with Gasteiger partial charge in [-0.15, -0.1) is 0 Å². The predicted octanol–water partition coefficient (Wildman–Crippen LogP) is 5.11. The lowest BCUT2D eigenvalue weighted by Crippen LogP contribution is -2.26. The van der Waals surface area contributed by atoms with Crippen LogP contribution in [0.4, 0.5) is 24.7 Å². The van der Waals surface area contributed by atoms with Gasteiger partial charge in [-0.25, -0.2) is 9.78 Å². The van der Waals surface area contributed by atoms with Crippen molar-refractivity contribution in [1.82, 2.24) is 9.88 Å². The van der Waals surface area contributed by atoms with Crippen LogP contribution in [-0.2, 0) is 11.3 Å². The molecule has 0 fully saturated rings. The maximum Gasteiger partial charge on any atom is 0.490 e. The molecule has 39 heavy (non-hydrogen) atoms. The molecule has 3 rings (SSSR count). The van der Waals surface area contributed by atoms with Crippen LogP contribution in [0, 0.1) is 18.3 Å². The van der Waals surface area contributed by atoms with Gasteiger partial charge in [0, 0.05) is 43.7 Å². The van der Waals surface area contributed by atoms with Crippen molar-refractivity contribution in [2.24, 2.45) is 0 Å². The Morgan fingerprint density at radius 1 is 1.05 bits per heavy atom. The molecule has 8 nitrogen and oxygen atoms in total. The highest BCUT2D eigenvalue weighted by Crippen LogP contribution is 2.17. The normalized spacial score (nSPS) is 10.7. The van der Waals surface area contributed by atoms with Crippen molar-refractivity contribution in [1.29, 1.82) is 5.26 Å². The second-order valence-electron chi connectivity index (χ2n) is 8.85. The first-order valence-electron chi connectivity index (χ1n) is 11.9. The van der Waals surface area contributed by atoms with Gasteiger partial charge in [0.05, 0.1) is 11.6 Å². The van der Waals surface area contributed by atoms with Crippen molar-refractivity contribution < 1.29 is 27.9 Å². The molecule has 2 N–H and O–H groups in total. The smallest absolute Gasteiger partial charge is 0.475 e. The van der Waals surface area contributed by atoms with Crippen LogP contribution in [0.1, 0.15) is 33.5 Å². The topological polar surface area (TPSA) is 110 Å². The summed E-state index contributed by atoms with van der Waals surface area (Å²) in [5, 5.41) is 19.1. The quantitative estimate of drug-likeness (QED) is 0.388. The summed E-state index contributed by atoms with van der Waals surface area (Å²) < 4.78 is 31.7. The molecule has 0 atom stereocenters. The molecule has 1 heterocycles. The molecule has 1 amide bonds. The van der Waals surface area contributed by atoms with Crippen LogP contribution < -0.4 is 10.2 Å². The molecule has 0 saturated carbocycles. The molecule has 2 aromatic carbocycles. The van der Waals surface area contributed by atoms with Crippen molar-refractivity contribution in [2.75, 3.05) is 37.4 Å². The summed E-state index contributed by atoms with van der Waals surface area (Å²) in [7, 11) is 4.09. The van der Waals surface area contributed by atoms with E-state index in [1.54, 1.807) is 12.3 Å². The third-order valence-corrected chi connectivity index (χ3v) is 5.46. The maximum atomic E-state index is 12.5. The Kier molecular flexibility index (Phi) is 11.4. The Hall–Kier alpha value is -4.43.